The van der Waals surface area contributed by atoms with Gasteiger partial charge in [0.25, 0.3) is 0 Å². The molecule has 1 saturated heterocycles. The molecule has 5 heteroatoms. The molecule has 1 aromatic heterocycles. The second-order valence-electron chi connectivity index (χ2n) is 5.20. The molecule has 0 saturated carbocycles. The summed E-state index contributed by atoms with van der Waals surface area (Å²) in [6, 6.07) is 1.66. The van der Waals surface area contributed by atoms with Crippen molar-refractivity contribution in [2.45, 2.75) is 33.1 Å². The number of hydrogen-bond acceptors (Lipinski definition) is 5. The maximum atomic E-state index is 12.0. The zero-order valence-corrected chi connectivity index (χ0v) is 12.3. The lowest BCUT2D eigenvalue weighted by atomic mass is 9.94. The van der Waals surface area contributed by atoms with Crippen LogP contribution >= 0.6 is 0 Å². The summed E-state index contributed by atoms with van der Waals surface area (Å²) < 4.78 is 5.10. The Morgan fingerprint density at radius 3 is 2.75 bits per heavy atom. The van der Waals surface area contributed by atoms with E-state index in [1.807, 2.05) is 0 Å². The zero-order valence-electron chi connectivity index (χ0n) is 12.3. The number of pyridine rings is 1. The number of carbonyl (C=O) groups is 1. The summed E-state index contributed by atoms with van der Waals surface area (Å²) >= 11 is 0. The standard InChI is InChI=1S/C15H23N3O2/c1-3-11-5-7-18(8-6-11)14-13(15(19)20-4-2)9-12(16)10-17-14/h9-11H,3-8,16H2,1-2H3. The highest BCUT2D eigenvalue weighted by molar-refractivity contribution is 5.95. The third-order valence-electron chi connectivity index (χ3n) is 3.87. The van der Waals surface area contributed by atoms with E-state index >= 15 is 0 Å². The fraction of sp³-hybridized carbons (Fsp3) is 0.600. The highest BCUT2D eigenvalue weighted by Crippen LogP contribution is 2.27. The number of esters is 1. The monoisotopic (exact) mass is 277 g/mol. The van der Waals surface area contributed by atoms with Crippen molar-refractivity contribution in [2.75, 3.05) is 30.3 Å². The van der Waals surface area contributed by atoms with Crippen LogP contribution in [0, 0.1) is 5.92 Å². The molecular formula is C15H23N3O2. The number of rotatable bonds is 4. The van der Waals surface area contributed by atoms with Crippen molar-refractivity contribution in [3.8, 4) is 0 Å². The summed E-state index contributed by atoms with van der Waals surface area (Å²) in [5.74, 6) is 1.14. The van der Waals surface area contributed by atoms with E-state index in [1.165, 1.54) is 6.42 Å². The third kappa shape index (κ3) is 3.21. The first-order chi connectivity index (χ1) is 9.65. The molecule has 110 valence electrons. The summed E-state index contributed by atoms with van der Waals surface area (Å²) in [6.45, 7) is 6.24. The molecule has 0 aliphatic carbocycles. The molecule has 1 aliphatic rings. The zero-order chi connectivity index (χ0) is 14.5. The largest absolute Gasteiger partial charge is 0.462 e. The number of piperidine rings is 1. The molecule has 2 rings (SSSR count). The first kappa shape index (κ1) is 14.6. The molecule has 0 aromatic carbocycles. The van der Waals surface area contributed by atoms with Gasteiger partial charge in [-0.3, -0.25) is 0 Å². The summed E-state index contributed by atoms with van der Waals surface area (Å²) in [4.78, 5) is 18.6. The molecule has 0 spiro atoms. The molecule has 1 fully saturated rings. The highest BCUT2D eigenvalue weighted by Gasteiger charge is 2.24. The molecule has 0 amide bonds. The van der Waals surface area contributed by atoms with Crippen molar-refractivity contribution in [3.05, 3.63) is 17.8 Å². The van der Waals surface area contributed by atoms with Gasteiger partial charge < -0.3 is 15.4 Å². The van der Waals surface area contributed by atoms with Gasteiger partial charge in [-0.1, -0.05) is 13.3 Å². The Morgan fingerprint density at radius 2 is 2.15 bits per heavy atom. The van der Waals surface area contributed by atoms with E-state index < -0.39 is 0 Å². The minimum atomic E-state index is -0.347. The highest BCUT2D eigenvalue weighted by atomic mass is 16.5. The van der Waals surface area contributed by atoms with Gasteiger partial charge in [-0.05, 0) is 31.7 Å². The van der Waals surface area contributed by atoms with Crippen LogP contribution in [-0.4, -0.2) is 30.6 Å². The van der Waals surface area contributed by atoms with Gasteiger partial charge in [-0.25, -0.2) is 9.78 Å². The molecule has 20 heavy (non-hydrogen) atoms. The summed E-state index contributed by atoms with van der Waals surface area (Å²) in [5.41, 5.74) is 6.71. The predicted octanol–water partition coefficient (Wildman–Crippen LogP) is 2.47. The Kier molecular flexibility index (Phi) is 4.82. The third-order valence-corrected chi connectivity index (χ3v) is 3.87. The number of nitrogens with zero attached hydrogens (tertiary/aromatic N) is 2. The van der Waals surface area contributed by atoms with Crippen LogP contribution in [0.3, 0.4) is 0 Å². The predicted molar refractivity (Wildman–Crippen MR) is 79.8 cm³/mol. The van der Waals surface area contributed by atoms with E-state index in [4.69, 9.17) is 10.5 Å². The Balaban J connectivity index is 2.21. The first-order valence-corrected chi connectivity index (χ1v) is 7.33. The molecule has 1 aromatic rings. The first-order valence-electron chi connectivity index (χ1n) is 7.33. The van der Waals surface area contributed by atoms with Crippen molar-refractivity contribution < 1.29 is 9.53 Å². The average molecular weight is 277 g/mol. The van der Waals surface area contributed by atoms with Crippen LogP contribution in [0.25, 0.3) is 0 Å². The SMILES string of the molecule is CCOC(=O)c1cc(N)cnc1N1CCC(CC)CC1. The summed E-state index contributed by atoms with van der Waals surface area (Å²) in [6.07, 6.45) is 5.10. The fourth-order valence-corrected chi connectivity index (χ4v) is 2.64. The van der Waals surface area contributed by atoms with E-state index in [2.05, 4.69) is 16.8 Å². The lowest BCUT2D eigenvalue weighted by Gasteiger charge is -2.33. The maximum absolute atomic E-state index is 12.0. The Labute approximate surface area is 120 Å². The van der Waals surface area contributed by atoms with Crippen LogP contribution in [-0.2, 0) is 4.74 Å². The number of nitrogen functional groups attached to an aromatic ring is 1. The Morgan fingerprint density at radius 1 is 1.45 bits per heavy atom. The van der Waals surface area contributed by atoms with E-state index in [0.717, 1.165) is 31.8 Å². The van der Waals surface area contributed by atoms with Crippen LogP contribution in [0.15, 0.2) is 12.3 Å². The van der Waals surface area contributed by atoms with E-state index in [0.29, 0.717) is 23.7 Å². The maximum Gasteiger partial charge on any atom is 0.341 e. The second kappa shape index (κ2) is 6.59. The number of nitrogens with two attached hydrogens (primary N) is 1. The minimum absolute atomic E-state index is 0.347. The van der Waals surface area contributed by atoms with Gasteiger partial charge in [0.05, 0.1) is 18.5 Å². The topological polar surface area (TPSA) is 68.5 Å². The van der Waals surface area contributed by atoms with Gasteiger partial charge >= 0.3 is 5.97 Å². The lowest BCUT2D eigenvalue weighted by molar-refractivity contribution is 0.0526. The van der Waals surface area contributed by atoms with E-state index in [9.17, 15) is 4.79 Å². The number of anilines is 2. The molecule has 0 radical (unpaired) electrons. The summed E-state index contributed by atoms with van der Waals surface area (Å²) in [5, 5.41) is 0. The van der Waals surface area contributed by atoms with Crippen LogP contribution in [0.1, 0.15) is 43.5 Å². The average Bonchev–Trinajstić information content (AvgIpc) is 2.47. The molecule has 2 N–H and O–H groups in total. The van der Waals surface area contributed by atoms with Gasteiger partial charge in [-0.2, -0.15) is 0 Å². The molecule has 1 aliphatic heterocycles. The van der Waals surface area contributed by atoms with Crippen LogP contribution in [0.4, 0.5) is 11.5 Å². The molecule has 0 atom stereocenters. The van der Waals surface area contributed by atoms with Crippen molar-refractivity contribution in [3.63, 3.8) is 0 Å². The van der Waals surface area contributed by atoms with Crippen molar-refractivity contribution in [2.24, 2.45) is 5.92 Å². The second-order valence-corrected chi connectivity index (χ2v) is 5.20. The van der Waals surface area contributed by atoms with Crippen LogP contribution in [0.2, 0.25) is 0 Å². The Bertz CT molecular complexity index is 468. The van der Waals surface area contributed by atoms with Gasteiger partial charge in [0.1, 0.15) is 11.4 Å². The molecule has 0 bridgehead atoms. The van der Waals surface area contributed by atoms with Crippen molar-refractivity contribution in [1.29, 1.82) is 0 Å². The number of hydrogen-bond donors (Lipinski definition) is 1. The van der Waals surface area contributed by atoms with Crippen molar-refractivity contribution in [1.82, 2.24) is 4.98 Å². The van der Waals surface area contributed by atoms with Gasteiger partial charge in [-0.15, -0.1) is 0 Å². The molecular weight excluding hydrogens is 254 g/mol. The summed E-state index contributed by atoms with van der Waals surface area (Å²) in [7, 11) is 0. The molecule has 0 unspecified atom stereocenters. The van der Waals surface area contributed by atoms with Gasteiger partial charge in [0.2, 0.25) is 0 Å². The van der Waals surface area contributed by atoms with Crippen LogP contribution in [0.5, 0.6) is 0 Å². The number of carbonyl (C=O) groups excluding carboxylic acids is 1. The smallest absolute Gasteiger partial charge is 0.341 e. The normalized spacial score (nSPS) is 16.2. The molecule has 5 nitrogen and oxygen atoms in total. The molecule has 2 heterocycles. The fourth-order valence-electron chi connectivity index (χ4n) is 2.64. The Hall–Kier alpha value is -1.78. The lowest BCUT2D eigenvalue weighted by Crippen LogP contribution is -2.35. The van der Waals surface area contributed by atoms with Gasteiger partial charge in [0, 0.05) is 13.1 Å². The number of aromatic nitrogens is 1. The minimum Gasteiger partial charge on any atom is -0.462 e. The quantitative estimate of drug-likeness (QED) is 0.856. The van der Waals surface area contributed by atoms with E-state index in [1.54, 1.807) is 19.2 Å². The number of ether oxygens (including phenoxy) is 1. The van der Waals surface area contributed by atoms with Gasteiger partial charge in [0.15, 0.2) is 0 Å². The van der Waals surface area contributed by atoms with Crippen LogP contribution < -0.4 is 10.6 Å². The van der Waals surface area contributed by atoms with Crippen molar-refractivity contribution >= 4 is 17.5 Å². The van der Waals surface area contributed by atoms with E-state index in [-0.39, 0.29) is 5.97 Å².